The van der Waals surface area contributed by atoms with Gasteiger partial charge in [0.25, 0.3) is 0 Å². The third-order valence-corrected chi connectivity index (χ3v) is 2.30. The molecule has 1 aliphatic heterocycles. The number of carbonyl (C=O) groups is 2. The van der Waals surface area contributed by atoms with E-state index < -0.39 is 0 Å². The average Bonchev–Trinajstić information content (AvgIpc) is 2.23. The van der Waals surface area contributed by atoms with E-state index in [9.17, 15) is 9.59 Å². The Morgan fingerprint density at radius 1 is 1.58 bits per heavy atom. The van der Waals surface area contributed by atoms with Gasteiger partial charge in [0.15, 0.2) is 5.78 Å². The standard InChI is InChI=1S/C9H15NO2/c1-4-8(12)10-6-7(11)5-9(10,2)3/h4-6H2,1-3H3. The first-order chi connectivity index (χ1) is 5.47. The van der Waals surface area contributed by atoms with Crippen LogP contribution in [0, 0.1) is 0 Å². The summed E-state index contributed by atoms with van der Waals surface area (Å²) in [5, 5.41) is 0. The zero-order valence-corrected chi connectivity index (χ0v) is 7.89. The van der Waals surface area contributed by atoms with Crippen molar-refractivity contribution in [1.82, 2.24) is 4.90 Å². The SMILES string of the molecule is CCC(=O)N1CC(=O)CC1(C)C. The van der Waals surface area contributed by atoms with Gasteiger partial charge in [-0.2, -0.15) is 0 Å². The summed E-state index contributed by atoms with van der Waals surface area (Å²) in [4.78, 5) is 24.1. The van der Waals surface area contributed by atoms with Gasteiger partial charge in [-0.25, -0.2) is 0 Å². The first-order valence-corrected chi connectivity index (χ1v) is 4.29. The monoisotopic (exact) mass is 169 g/mol. The van der Waals surface area contributed by atoms with E-state index in [1.807, 2.05) is 20.8 Å². The van der Waals surface area contributed by atoms with Gasteiger partial charge in [0, 0.05) is 18.4 Å². The highest BCUT2D eigenvalue weighted by atomic mass is 16.2. The maximum atomic E-state index is 11.3. The van der Waals surface area contributed by atoms with Crippen LogP contribution in [0.5, 0.6) is 0 Å². The Morgan fingerprint density at radius 2 is 2.17 bits per heavy atom. The van der Waals surface area contributed by atoms with E-state index in [-0.39, 0.29) is 17.2 Å². The highest BCUT2D eigenvalue weighted by molar-refractivity contribution is 5.90. The minimum atomic E-state index is -0.260. The Labute approximate surface area is 72.7 Å². The Hall–Kier alpha value is -0.860. The second-order valence-electron chi connectivity index (χ2n) is 3.86. The molecule has 0 aromatic heterocycles. The molecule has 1 amide bonds. The van der Waals surface area contributed by atoms with Crippen LogP contribution in [0.2, 0.25) is 0 Å². The molecule has 1 rings (SSSR count). The highest BCUT2D eigenvalue weighted by Crippen LogP contribution is 2.26. The maximum absolute atomic E-state index is 11.3. The number of hydrogen-bond acceptors (Lipinski definition) is 2. The van der Waals surface area contributed by atoms with Gasteiger partial charge in [-0.05, 0) is 13.8 Å². The van der Waals surface area contributed by atoms with Crippen molar-refractivity contribution in [2.45, 2.75) is 39.2 Å². The van der Waals surface area contributed by atoms with Gasteiger partial charge >= 0.3 is 0 Å². The Kier molecular flexibility index (Phi) is 2.22. The lowest BCUT2D eigenvalue weighted by Crippen LogP contribution is -2.42. The van der Waals surface area contributed by atoms with Crippen LogP contribution in [-0.2, 0) is 9.59 Å². The highest BCUT2D eigenvalue weighted by Gasteiger charge is 2.39. The molecular weight excluding hydrogens is 154 g/mol. The van der Waals surface area contributed by atoms with Gasteiger partial charge < -0.3 is 4.90 Å². The Morgan fingerprint density at radius 3 is 2.50 bits per heavy atom. The topological polar surface area (TPSA) is 37.4 Å². The van der Waals surface area contributed by atoms with Gasteiger partial charge in [-0.3, -0.25) is 9.59 Å². The van der Waals surface area contributed by atoms with Gasteiger partial charge in [-0.15, -0.1) is 0 Å². The second kappa shape index (κ2) is 2.88. The van der Waals surface area contributed by atoms with E-state index in [1.54, 1.807) is 4.90 Å². The molecule has 1 saturated heterocycles. The van der Waals surface area contributed by atoms with Gasteiger partial charge in [0.2, 0.25) is 5.91 Å². The molecule has 68 valence electrons. The predicted molar refractivity (Wildman–Crippen MR) is 45.7 cm³/mol. The number of hydrogen-bond donors (Lipinski definition) is 0. The molecular formula is C9H15NO2. The first kappa shape index (κ1) is 9.23. The number of rotatable bonds is 1. The van der Waals surface area contributed by atoms with E-state index >= 15 is 0 Å². The fourth-order valence-corrected chi connectivity index (χ4v) is 1.64. The summed E-state index contributed by atoms with van der Waals surface area (Å²) < 4.78 is 0. The lowest BCUT2D eigenvalue weighted by molar-refractivity contribution is -0.134. The van der Waals surface area contributed by atoms with Crippen LogP contribution < -0.4 is 0 Å². The lowest BCUT2D eigenvalue weighted by Gasteiger charge is -2.30. The molecule has 1 fully saturated rings. The molecule has 0 aliphatic carbocycles. The fraction of sp³-hybridized carbons (Fsp3) is 0.778. The van der Waals surface area contributed by atoms with Gasteiger partial charge in [0.05, 0.1) is 6.54 Å². The number of amides is 1. The average molecular weight is 169 g/mol. The molecule has 3 heteroatoms. The van der Waals surface area contributed by atoms with Crippen molar-refractivity contribution >= 4 is 11.7 Å². The predicted octanol–water partition coefficient (Wildman–Crippen LogP) is 0.976. The van der Waals surface area contributed by atoms with E-state index in [2.05, 4.69) is 0 Å². The van der Waals surface area contributed by atoms with Gasteiger partial charge in [-0.1, -0.05) is 6.92 Å². The van der Waals surface area contributed by atoms with Crippen molar-refractivity contribution in [3.05, 3.63) is 0 Å². The lowest BCUT2D eigenvalue weighted by atomic mass is 10.0. The molecule has 0 spiro atoms. The summed E-state index contributed by atoms with van der Waals surface area (Å²) in [6, 6.07) is 0. The van der Waals surface area contributed by atoms with Crippen LogP contribution in [0.25, 0.3) is 0 Å². The van der Waals surface area contributed by atoms with Crippen LogP contribution in [0.1, 0.15) is 33.6 Å². The van der Waals surface area contributed by atoms with Crippen LogP contribution in [-0.4, -0.2) is 28.7 Å². The summed E-state index contributed by atoms with van der Waals surface area (Å²) in [5.41, 5.74) is -0.260. The molecule has 0 aromatic rings. The largest absolute Gasteiger partial charge is 0.330 e. The summed E-state index contributed by atoms with van der Waals surface area (Å²) in [5.74, 6) is 0.243. The van der Waals surface area contributed by atoms with E-state index in [4.69, 9.17) is 0 Å². The summed E-state index contributed by atoms with van der Waals surface area (Å²) in [6.45, 7) is 6.00. The number of ketones is 1. The number of likely N-dealkylation sites (tertiary alicyclic amines) is 1. The van der Waals surface area contributed by atoms with Crippen molar-refractivity contribution in [2.24, 2.45) is 0 Å². The molecule has 0 saturated carbocycles. The third kappa shape index (κ3) is 1.49. The van der Waals surface area contributed by atoms with Crippen LogP contribution in [0.3, 0.4) is 0 Å². The molecule has 0 bridgehead atoms. The van der Waals surface area contributed by atoms with Gasteiger partial charge in [0.1, 0.15) is 0 Å². The smallest absolute Gasteiger partial charge is 0.223 e. The maximum Gasteiger partial charge on any atom is 0.223 e. The molecule has 3 nitrogen and oxygen atoms in total. The normalized spacial score (nSPS) is 21.6. The van der Waals surface area contributed by atoms with Crippen molar-refractivity contribution in [3.8, 4) is 0 Å². The Bertz CT molecular complexity index is 221. The van der Waals surface area contributed by atoms with Crippen molar-refractivity contribution in [1.29, 1.82) is 0 Å². The Balaban J connectivity index is 2.78. The van der Waals surface area contributed by atoms with Crippen molar-refractivity contribution < 1.29 is 9.59 Å². The molecule has 0 radical (unpaired) electrons. The summed E-state index contributed by atoms with van der Waals surface area (Å²) in [7, 11) is 0. The van der Waals surface area contributed by atoms with Crippen LogP contribution in [0.15, 0.2) is 0 Å². The summed E-state index contributed by atoms with van der Waals surface area (Å²) in [6.07, 6.45) is 0.982. The molecule has 12 heavy (non-hydrogen) atoms. The number of nitrogens with zero attached hydrogens (tertiary/aromatic N) is 1. The second-order valence-corrected chi connectivity index (χ2v) is 3.86. The zero-order chi connectivity index (χ0) is 9.35. The zero-order valence-electron chi connectivity index (χ0n) is 7.89. The molecule has 0 atom stereocenters. The van der Waals surface area contributed by atoms with E-state index in [1.165, 1.54) is 0 Å². The number of carbonyl (C=O) groups excluding carboxylic acids is 2. The quantitative estimate of drug-likeness (QED) is 0.586. The summed E-state index contributed by atoms with van der Waals surface area (Å²) >= 11 is 0. The molecule has 1 aliphatic rings. The molecule has 0 N–H and O–H groups in total. The van der Waals surface area contributed by atoms with E-state index in [0.29, 0.717) is 19.4 Å². The molecule has 0 unspecified atom stereocenters. The van der Waals surface area contributed by atoms with Crippen molar-refractivity contribution in [3.63, 3.8) is 0 Å². The van der Waals surface area contributed by atoms with Crippen LogP contribution in [0.4, 0.5) is 0 Å². The first-order valence-electron chi connectivity index (χ1n) is 4.29. The number of Topliss-reactive ketones (excluding diaryl/α,β-unsaturated/α-hetero) is 1. The fourth-order valence-electron chi connectivity index (χ4n) is 1.64. The van der Waals surface area contributed by atoms with Crippen molar-refractivity contribution in [2.75, 3.05) is 6.54 Å². The van der Waals surface area contributed by atoms with Crippen LogP contribution >= 0.6 is 0 Å². The minimum absolute atomic E-state index is 0.0749. The molecule has 1 heterocycles. The minimum Gasteiger partial charge on any atom is -0.330 e. The molecule has 0 aromatic carbocycles. The van der Waals surface area contributed by atoms with E-state index in [0.717, 1.165) is 0 Å². The third-order valence-electron chi connectivity index (χ3n) is 2.30.